The van der Waals surface area contributed by atoms with Gasteiger partial charge in [-0.1, -0.05) is 34.3 Å². The van der Waals surface area contributed by atoms with E-state index >= 15 is 0 Å². The predicted molar refractivity (Wildman–Crippen MR) is 172 cm³/mol. The number of furan rings is 4. The summed E-state index contributed by atoms with van der Waals surface area (Å²) in [5.41, 5.74) is 0. The van der Waals surface area contributed by atoms with Crippen molar-refractivity contribution in [3.05, 3.63) is 109 Å². The summed E-state index contributed by atoms with van der Waals surface area (Å²) in [6, 6.07) is 15.1. The second-order valence-electron chi connectivity index (χ2n) is 9.07. The molecule has 45 heavy (non-hydrogen) atoms. The van der Waals surface area contributed by atoms with Crippen molar-refractivity contribution in [2.45, 2.75) is 79.8 Å². The molecule has 0 fully saturated rings. The Hall–Kier alpha value is -3.83. The molecule has 0 unspecified atom stereocenters. The molecule has 0 aliphatic heterocycles. The minimum atomic E-state index is -0.981. The van der Waals surface area contributed by atoms with E-state index in [2.05, 4.69) is 34.3 Å². The van der Waals surface area contributed by atoms with Crippen molar-refractivity contribution in [1.82, 2.24) is 0 Å². The van der Waals surface area contributed by atoms with Crippen LogP contribution in [0.25, 0.3) is 0 Å². The van der Waals surface area contributed by atoms with E-state index in [1.165, 1.54) is 0 Å². The number of carboxylic acids is 1. The van der Waals surface area contributed by atoms with Crippen molar-refractivity contribution in [2.75, 3.05) is 26.4 Å². The maximum Gasteiger partial charge on any atom is 0.327 e. The summed E-state index contributed by atoms with van der Waals surface area (Å²) in [6.45, 7) is 16.9. The first-order chi connectivity index (χ1) is 22.0. The Bertz CT molecular complexity index is 925. The predicted octanol–water partition coefficient (Wildman–Crippen LogP) is 9.08. The summed E-state index contributed by atoms with van der Waals surface area (Å²) in [6.07, 6.45) is 11.7. The van der Waals surface area contributed by atoms with Gasteiger partial charge < -0.3 is 41.7 Å². The minimum Gasteiger partial charge on any atom is -0.478 e. The average Bonchev–Trinajstić information content (AvgIpc) is 3.89. The number of rotatable bonds is 17. The number of ether oxygens (including phenoxy) is 4. The number of hydrogen-bond donors (Lipinski definition) is 1. The average molecular weight is 633 g/mol. The number of aliphatic carboxylic acids is 1. The second-order valence-corrected chi connectivity index (χ2v) is 9.07. The molecular weight excluding hydrogens is 580 g/mol. The lowest BCUT2D eigenvalue weighted by molar-refractivity contribution is -0.131. The van der Waals surface area contributed by atoms with Crippen LogP contribution in [0.15, 0.2) is 104 Å². The van der Waals surface area contributed by atoms with E-state index in [9.17, 15) is 4.79 Å². The molecule has 4 aromatic rings. The highest BCUT2D eigenvalue weighted by Crippen LogP contribution is 2.03. The standard InChI is InChI=1S/4C8H12O2.C3H4O2/c4*1-2-5-9-7-8-4-3-6-10-8;1-2-3(4)5/h4*3-4,6H,2,5,7H2,1H3;2H,1H2,(H,4,5). The van der Waals surface area contributed by atoms with Crippen LogP contribution in [0, 0.1) is 0 Å². The summed E-state index contributed by atoms with van der Waals surface area (Å²) >= 11 is 0. The highest BCUT2D eigenvalue weighted by atomic mass is 16.5. The van der Waals surface area contributed by atoms with Crippen molar-refractivity contribution in [3.63, 3.8) is 0 Å². The Kier molecular flexibility index (Phi) is 28.9. The van der Waals surface area contributed by atoms with E-state index in [1.54, 1.807) is 25.1 Å². The van der Waals surface area contributed by atoms with Gasteiger partial charge in [0.1, 0.15) is 49.5 Å². The van der Waals surface area contributed by atoms with E-state index in [-0.39, 0.29) is 0 Å². The van der Waals surface area contributed by atoms with Gasteiger partial charge >= 0.3 is 5.97 Å². The Labute approximate surface area is 267 Å². The van der Waals surface area contributed by atoms with Crippen molar-refractivity contribution in [2.24, 2.45) is 0 Å². The molecule has 4 heterocycles. The van der Waals surface area contributed by atoms with Crippen molar-refractivity contribution in [1.29, 1.82) is 0 Å². The van der Waals surface area contributed by atoms with Crippen molar-refractivity contribution >= 4 is 5.97 Å². The van der Waals surface area contributed by atoms with Gasteiger partial charge in [0, 0.05) is 32.5 Å². The van der Waals surface area contributed by atoms with Crippen LogP contribution in [0.4, 0.5) is 0 Å². The third-order valence-electron chi connectivity index (χ3n) is 4.87. The topological polar surface area (TPSA) is 127 Å². The van der Waals surface area contributed by atoms with E-state index in [0.29, 0.717) is 26.4 Å². The molecule has 0 amide bonds. The number of carboxylic acid groups (broad SMARTS) is 1. The molecule has 0 atom stereocenters. The van der Waals surface area contributed by atoms with E-state index in [1.807, 2.05) is 48.5 Å². The molecule has 0 aromatic carbocycles. The maximum atomic E-state index is 9.25. The lowest BCUT2D eigenvalue weighted by Crippen LogP contribution is -1.91. The molecule has 0 bridgehead atoms. The molecule has 252 valence electrons. The van der Waals surface area contributed by atoms with E-state index < -0.39 is 5.97 Å². The van der Waals surface area contributed by atoms with Gasteiger partial charge in [0.2, 0.25) is 0 Å². The summed E-state index contributed by atoms with van der Waals surface area (Å²) in [5.74, 6) is 2.61. The number of carbonyl (C=O) groups is 1. The minimum absolute atomic E-state index is 0.598. The van der Waals surface area contributed by atoms with Crippen LogP contribution in [0.1, 0.15) is 76.4 Å². The molecule has 0 saturated carbocycles. The Morgan fingerprint density at radius 3 is 0.933 bits per heavy atom. The molecule has 0 aliphatic rings. The van der Waals surface area contributed by atoms with Gasteiger partial charge in [-0.2, -0.15) is 0 Å². The molecule has 0 aliphatic carbocycles. The molecule has 0 saturated heterocycles. The summed E-state index contributed by atoms with van der Waals surface area (Å²) in [4.78, 5) is 9.25. The Morgan fingerprint density at radius 1 is 0.578 bits per heavy atom. The first-order valence-electron chi connectivity index (χ1n) is 15.3. The van der Waals surface area contributed by atoms with Gasteiger partial charge in [-0.15, -0.1) is 0 Å². The SMILES string of the molecule is C=CC(=O)O.CCCOCc1ccco1.CCCOCc1ccco1.CCCOCc1ccco1.CCCOCc1ccco1. The normalized spacial score (nSPS) is 9.69. The van der Waals surface area contributed by atoms with Gasteiger partial charge in [-0.25, -0.2) is 4.79 Å². The van der Waals surface area contributed by atoms with Crippen LogP contribution in [0.3, 0.4) is 0 Å². The van der Waals surface area contributed by atoms with Crippen LogP contribution in [-0.4, -0.2) is 37.5 Å². The second kappa shape index (κ2) is 31.6. The van der Waals surface area contributed by atoms with Crippen molar-refractivity contribution in [3.8, 4) is 0 Å². The van der Waals surface area contributed by atoms with Gasteiger partial charge in [0.05, 0.1) is 25.1 Å². The smallest absolute Gasteiger partial charge is 0.327 e. The molecule has 0 radical (unpaired) electrons. The number of hydrogen-bond acceptors (Lipinski definition) is 9. The first kappa shape index (κ1) is 41.2. The third-order valence-corrected chi connectivity index (χ3v) is 4.87. The van der Waals surface area contributed by atoms with Crippen LogP contribution in [0.5, 0.6) is 0 Å². The summed E-state index contributed by atoms with van der Waals surface area (Å²) < 4.78 is 41.2. The Balaban J connectivity index is 0.000000547. The molecular formula is C35H52O10. The van der Waals surface area contributed by atoms with E-state index in [0.717, 1.165) is 81.2 Å². The zero-order valence-corrected chi connectivity index (χ0v) is 27.3. The largest absolute Gasteiger partial charge is 0.478 e. The monoisotopic (exact) mass is 632 g/mol. The van der Waals surface area contributed by atoms with Gasteiger partial charge in [0.25, 0.3) is 0 Å². The summed E-state index contributed by atoms with van der Waals surface area (Å²) in [5, 5.41) is 7.60. The fourth-order valence-electron chi connectivity index (χ4n) is 2.85. The van der Waals surface area contributed by atoms with Crippen LogP contribution in [-0.2, 0) is 50.2 Å². The van der Waals surface area contributed by atoms with Crippen LogP contribution in [0.2, 0.25) is 0 Å². The highest BCUT2D eigenvalue weighted by molar-refractivity contribution is 5.78. The quantitative estimate of drug-likeness (QED) is 0.0889. The van der Waals surface area contributed by atoms with Gasteiger partial charge in [-0.05, 0) is 74.2 Å². The molecule has 4 rings (SSSR count). The fourth-order valence-corrected chi connectivity index (χ4v) is 2.85. The van der Waals surface area contributed by atoms with Crippen molar-refractivity contribution < 1.29 is 46.5 Å². The maximum absolute atomic E-state index is 9.25. The Morgan fingerprint density at radius 2 is 0.800 bits per heavy atom. The lowest BCUT2D eigenvalue weighted by atomic mass is 10.5. The first-order valence-corrected chi connectivity index (χ1v) is 15.3. The third kappa shape index (κ3) is 27.5. The van der Waals surface area contributed by atoms with Crippen LogP contribution >= 0.6 is 0 Å². The molecule has 4 aromatic heterocycles. The van der Waals surface area contributed by atoms with Gasteiger partial charge in [-0.3, -0.25) is 0 Å². The zero-order chi connectivity index (χ0) is 33.2. The molecule has 10 heteroatoms. The van der Waals surface area contributed by atoms with E-state index in [4.69, 9.17) is 41.7 Å². The van der Waals surface area contributed by atoms with Crippen LogP contribution < -0.4 is 0 Å². The molecule has 1 N–H and O–H groups in total. The fraction of sp³-hybridized carbons (Fsp3) is 0.457. The molecule has 0 spiro atoms. The highest BCUT2D eigenvalue weighted by Gasteiger charge is 1.95. The zero-order valence-electron chi connectivity index (χ0n) is 27.3. The summed E-state index contributed by atoms with van der Waals surface area (Å²) in [7, 11) is 0. The molecule has 10 nitrogen and oxygen atoms in total. The lowest BCUT2D eigenvalue weighted by Gasteiger charge is -1.96. The van der Waals surface area contributed by atoms with Gasteiger partial charge in [0.15, 0.2) is 0 Å².